The first-order valence-corrected chi connectivity index (χ1v) is 10.5. The number of nitrogens with zero attached hydrogens (tertiary/aromatic N) is 1. The summed E-state index contributed by atoms with van der Waals surface area (Å²) >= 11 is 0. The van der Waals surface area contributed by atoms with Crippen LogP contribution in [0, 0.1) is 13.8 Å². The number of carbonyl (C=O) groups excluding carboxylic acids is 1. The van der Waals surface area contributed by atoms with Gasteiger partial charge in [-0.05, 0) is 49.2 Å². The quantitative estimate of drug-likeness (QED) is 0.607. The van der Waals surface area contributed by atoms with E-state index in [4.69, 9.17) is 9.47 Å². The van der Waals surface area contributed by atoms with Crippen LogP contribution in [-0.2, 0) is 11.3 Å². The Morgan fingerprint density at radius 1 is 1.06 bits per heavy atom. The van der Waals surface area contributed by atoms with Gasteiger partial charge in [-0.25, -0.2) is 0 Å². The number of ether oxygens (including phenoxy) is 2. The van der Waals surface area contributed by atoms with Gasteiger partial charge in [0.05, 0.1) is 25.3 Å². The topological polar surface area (TPSA) is 50.8 Å². The number of anilines is 2. The van der Waals surface area contributed by atoms with Crippen molar-refractivity contribution in [1.29, 1.82) is 0 Å². The first kappa shape index (κ1) is 20.8. The van der Waals surface area contributed by atoms with Crippen LogP contribution in [0.5, 0.6) is 11.5 Å². The van der Waals surface area contributed by atoms with Crippen LogP contribution in [-0.4, -0.2) is 25.7 Å². The minimum absolute atomic E-state index is 0.0497. The van der Waals surface area contributed by atoms with Gasteiger partial charge in [0.2, 0.25) is 5.91 Å². The van der Waals surface area contributed by atoms with E-state index in [1.54, 1.807) is 7.11 Å². The zero-order chi connectivity index (χ0) is 21.8. The van der Waals surface area contributed by atoms with Gasteiger partial charge in [0.15, 0.2) is 0 Å². The van der Waals surface area contributed by atoms with Gasteiger partial charge < -0.3 is 19.7 Å². The highest BCUT2D eigenvalue weighted by Gasteiger charge is 2.29. The van der Waals surface area contributed by atoms with Crippen molar-refractivity contribution in [3.8, 4) is 11.5 Å². The molecule has 1 aliphatic heterocycles. The Morgan fingerprint density at radius 3 is 2.61 bits per heavy atom. The van der Waals surface area contributed by atoms with Crippen LogP contribution >= 0.6 is 0 Å². The molecule has 1 amide bonds. The van der Waals surface area contributed by atoms with Crippen molar-refractivity contribution >= 4 is 17.3 Å². The molecule has 0 aromatic heterocycles. The number of fused-ring (bicyclic) bond motifs is 1. The normalized spacial score (nSPS) is 15.1. The number of hydrogen-bond acceptors (Lipinski definition) is 4. The lowest BCUT2D eigenvalue weighted by molar-refractivity contribution is -0.116. The van der Waals surface area contributed by atoms with Gasteiger partial charge in [0.1, 0.15) is 18.1 Å². The van der Waals surface area contributed by atoms with E-state index in [1.807, 2.05) is 24.3 Å². The maximum absolute atomic E-state index is 12.9. The number of rotatable bonds is 6. The molecule has 0 saturated carbocycles. The lowest BCUT2D eigenvalue weighted by atomic mass is 10.0. The van der Waals surface area contributed by atoms with Crippen LogP contribution in [0.25, 0.3) is 0 Å². The van der Waals surface area contributed by atoms with Crippen molar-refractivity contribution in [2.24, 2.45) is 0 Å². The van der Waals surface area contributed by atoms with E-state index in [0.717, 1.165) is 29.2 Å². The summed E-state index contributed by atoms with van der Waals surface area (Å²) in [4.78, 5) is 15.1. The average molecular weight is 417 g/mol. The predicted octanol–water partition coefficient (Wildman–Crippen LogP) is 5.11. The van der Waals surface area contributed by atoms with E-state index >= 15 is 0 Å². The summed E-state index contributed by atoms with van der Waals surface area (Å²) in [6.07, 6.45) is 0.330. The van der Waals surface area contributed by atoms with Crippen molar-refractivity contribution in [2.75, 3.05) is 23.9 Å². The van der Waals surface area contributed by atoms with Gasteiger partial charge in [0, 0.05) is 18.3 Å². The summed E-state index contributed by atoms with van der Waals surface area (Å²) in [6.45, 7) is 5.33. The van der Waals surface area contributed by atoms with Gasteiger partial charge >= 0.3 is 0 Å². The van der Waals surface area contributed by atoms with E-state index in [-0.39, 0.29) is 11.9 Å². The summed E-state index contributed by atoms with van der Waals surface area (Å²) in [5, 5.41) is 2.99. The molecule has 0 saturated heterocycles. The molecule has 5 heteroatoms. The number of amides is 1. The van der Waals surface area contributed by atoms with Crippen molar-refractivity contribution < 1.29 is 14.3 Å². The van der Waals surface area contributed by atoms with Crippen molar-refractivity contribution in [3.63, 3.8) is 0 Å². The van der Waals surface area contributed by atoms with E-state index in [2.05, 4.69) is 66.5 Å². The molecule has 31 heavy (non-hydrogen) atoms. The molecule has 1 atom stereocenters. The monoisotopic (exact) mass is 416 g/mol. The average Bonchev–Trinajstić information content (AvgIpc) is 2.76. The van der Waals surface area contributed by atoms with Crippen LogP contribution in [0.15, 0.2) is 66.7 Å². The number of nitrogens with one attached hydrogen (secondary N) is 1. The molecular weight excluding hydrogens is 388 g/mol. The number of aryl methyl sites for hydroxylation is 2. The predicted molar refractivity (Wildman–Crippen MR) is 124 cm³/mol. The molecule has 3 aromatic carbocycles. The Kier molecular flexibility index (Phi) is 6.12. The maximum atomic E-state index is 12.9. The summed E-state index contributed by atoms with van der Waals surface area (Å²) < 4.78 is 11.3. The smallest absolute Gasteiger partial charge is 0.226 e. The molecule has 3 aromatic rings. The number of hydrogen-bond donors (Lipinski definition) is 1. The molecule has 0 bridgehead atoms. The second kappa shape index (κ2) is 9.13. The van der Waals surface area contributed by atoms with Crippen molar-refractivity contribution in [3.05, 3.63) is 83.4 Å². The highest BCUT2D eigenvalue weighted by Crippen LogP contribution is 2.36. The SMILES string of the molecule is COc1cccc(NC(=O)C[C@@H]2COc3cc(C)ccc3N2Cc2ccc(C)cc2)c1. The molecule has 0 unspecified atom stereocenters. The maximum Gasteiger partial charge on any atom is 0.226 e. The highest BCUT2D eigenvalue weighted by molar-refractivity contribution is 5.91. The minimum Gasteiger partial charge on any atom is -0.497 e. The van der Waals surface area contributed by atoms with Gasteiger partial charge in [-0.2, -0.15) is 0 Å². The Bertz CT molecular complexity index is 1060. The van der Waals surface area contributed by atoms with Gasteiger partial charge in [-0.1, -0.05) is 42.0 Å². The first-order valence-electron chi connectivity index (χ1n) is 10.5. The largest absolute Gasteiger partial charge is 0.497 e. The van der Waals surface area contributed by atoms with Crippen LogP contribution in [0.3, 0.4) is 0 Å². The second-order valence-corrected chi connectivity index (χ2v) is 8.03. The van der Waals surface area contributed by atoms with E-state index in [9.17, 15) is 4.79 Å². The first-order chi connectivity index (χ1) is 15.0. The van der Waals surface area contributed by atoms with E-state index < -0.39 is 0 Å². The fraction of sp³-hybridized carbons (Fsp3) is 0.269. The van der Waals surface area contributed by atoms with Crippen LogP contribution in [0.2, 0.25) is 0 Å². The number of methoxy groups -OCH3 is 1. The fourth-order valence-electron chi connectivity index (χ4n) is 3.85. The Balaban J connectivity index is 1.54. The number of carbonyl (C=O) groups is 1. The molecule has 0 fully saturated rings. The molecule has 1 heterocycles. The molecular formula is C26H28N2O3. The number of benzene rings is 3. The molecule has 0 spiro atoms. The van der Waals surface area contributed by atoms with Gasteiger partial charge in [-0.15, -0.1) is 0 Å². The summed E-state index contributed by atoms with van der Waals surface area (Å²) in [6, 6.07) is 22.1. The van der Waals surface area contributed by atoms with Gasteiger partial charge in [-0.3, -0.25) is 4.79 Å². The molecule has 0 aliphatic carbocycles. The second-order valence-electron chi connectivity index (χ2n) is 8.03. The van der Waals surface area contributed by atoms with Crippen LogP contribution in [0.4, 0.5) is 11.4 Å². The Labute approximate surface area is 183 Å². The summed E-state index contributed by atoms with van der Waals surface area (Å²) in [5.41, 5.74) is 5.34. The third kappa shape index (κ3) is 5.00. The summed E-state index contributed by atoms with van der Waals surface area (Å²) in [5.74, 6) is 1.53. The third-order valence-corrected chi connectivity index (χ3v) is 5.54. The minimum atomic E-state index is -0.0675. The molecule has 5 nitrogen and oxygen atoms in total. The molecule has 4 rings (SSSR count). The molecule has 160 valence electrons. The summed E-state index contributed by atoms with van der Waals surface area (Å²) in [7, 11) is 1.61. The Hall–Kier alpha value is -3.47. The zero-order valence-electron chi connectivity index (χ0n) is 18.2. The Morgan fingerprint density at radius 2 is 1.84 bits per heavy atom. The standard InChI is InChI=1S/C26H28N2O3/c1-18-7-10-20(11-8-18)16-28-22(17-31-25-13-19(2)9-12-24(25)28)15-26(29)27-21-5-4-6-23(14-21)30-3/h4-14,22H,15-17H2,1-3H3,(H,27,29)/t22-/m1/s1. The van der Waals surface area contributed by atoms with E-state index in [1.165, 1.54) is 11.1 Å². The zero-order valence-corrected chi connectivity index (χ0v) is 18.2. The van der Waals surface area contributed by atoms with Crippen LogP contribution < -0.4 is 19.7 Å². The van der Waals surface area contributed by atoms with Crippen molar-refractivity contribution in [1.82, 2.24) is 0 Å². The van der Waals surface area contributed by atoms with E-state index in [0.29, 0.717) is 18.8 Å². The van der Waals surface area contributed by atoms with Crippen LogP contribution in [0.1, 0.15) is 23.1 Å². The fourth-order valence-corrected chi connectivity index (χ4v) is 3.85. The lowest BCUT2D eigenvalue weighted by Crippen LogP contribution is -2.44. The van der Waals surface area contributed by atoms with Gasteiger partial charge in [0.25, 0.3) is 0 Å². The molecule has 1 N–H and O–H groups in total. The third-order valence-electron chi connectivity index (χ3n) is 5.54. The van der Waals surface area contributed by atoms with Crippen molar-refractivity contribution in [2.45, 2.75) is 32.9 Å². The highest BCUT2D eigenvalue weighted by atomic mass is 16.5. The molecule has 0 radical (unpaired) electrons. The lowest BCUT2D eigenvalue weighted by Gasteiger charge is -2.38. The molecule has 1 aliphatic rings.